The normalized spacial score (nSPS) is 10.9. The third-order valence-electron chi connectivity index (χ3n) is 2.80. The van der Waals surface area contributed by atoms with Crippen LogP contribution in [0.15, 0.2) is 42.5 Å². The predicted molar refractivity (Wildman–Crippen MR) is 75.7 cm³/mol. The molecule has 0 heterocycles. The number of nitrogen functional groups attached to an aromatic ring is 1. The van der Waals surface area contributed by atoms with Crippen molar-refractivity contribution in [3.63, 3.8) is 0 Å². The zero-order chi connectivity index (χ0) is 12.3. The number of benzene rings is 2. The third-order valence-corrected chi connectivity index (χ3v) is 2.80. The fourth-order valence-corrected chi connectivity index (χ4v) is 1.80. The summed E-state index contributed by atoms with van der Waals surface area (Å²) < 4.78 is 0. The van der Waals surface area contributed by atoms with E-state index in [-0.39, 0.29) is 0 Å². The van der Waals surface area contributed by atoms with Crippen LogP contribution in [0.25, 0.3) is 12.2 Å². The quantitative estimate of drug-likeness (QED) is 0.603. The summed E-state index contributed by atoms with van der Waals surface area (Å²) in [4.78, 5) is 0. The zero-order valence-corrected chi connectivity index (χ0v) is 10.3. The number of hydrogen-bond acceptors (Lipinski definition) is 1. The summed E-state index contributed by atoms with van der Waals surface area (Å²) in [6.07, 6.45) is 4.23. The van der Waals surface area contributed by atoms with E-state index >= 15 is 0 Å². The Morgan fingerprint density at radius 1 is 0.941 bits per heavy atom. The van der Waals surface area contributed by atoms with Gasteiger partial charge in [0.05, 0.1) is 0 Å². The predicted octanol–water partition coefficient (Wildman–Crippen LogP) is 4.06. The molecule has 0 aliphatic rings. The number of anilines is 1. The molecule has 0 fully saturated rings. The maximum absolute atomic E-state index is 5.79. The van der Waals surface area contributed by atoms with Crippen molar-refractivity contribution >= 4 is 17.8 Å². The molecule has 1 nitrogen and oxygen atoms in total. The van der Waals surface area contributed by atoms with Crippen LogP contribution in [0, 0.1) is 13.8 Å². The minimum Gasteiger partial charge on any atom is -0.399 e. The summed E-state index contributed by atoms with van der Waals surface area (Å²) in [5.74, 6) is 0. The highest BCUT2D eigenvalue weighted by atomic mass is 14.5. The van der Waals surface area contributed by atoms with Gasteiger partial charge in [0.2, 0.25) is 0 Å². The number of aryl methyl sites for hydroxylation is 2. The largest absolute Gasteiger partial charge is 0.399 e. The molecular formula is C16H17N. The van der Waals surface area contributed by atoms with E-state index in [0.29, 0.717) is 0 Å². The first-order valence-corrected chi connectivity index (χ1v) is 5.76. The van der Waals surface area contributed by atoms with Gasteiger partial charge in [-0.1, -0.05) is 48.0 Å². The van der Waals surface area contributed by atoms with Gasteiger partial charge < -0.3 is 5.73 Å². The lowest BCUT2D eigenvalue weighted by Crippen LogP contribution is -1.87. The Morgan fingerprint density at radius 3 is 2.53 bits per heavy atom. The highest BCUT2D eigenvalue weighted by molar-refractivity contribution is 5.72. The second-order valence-corrected chi connectivity index (χ2v) is 4.36. The standard InChI is InChI=1S/C16H17N/c1-12-4-3-5-14(10-12)7-8-15-11-16(17)9-6-13(15)2/h3-11H,17H2,1-2H3. The van der Waals surface area contributed by atoms with Gasteiger partial charge in [0, 0.05) is 5.69 Å². The maximum Gasteiger partial charge on any atom is 0.0320 e. The molecule has 0 aliphatic carbocycles. The van der Waals surface area contributed by atoms with E-state index in [2.05, 4.69) is 50.3 Å². The van der Waals surface area contributed by atoms with Crippen molar-refractivity contribution < 1.29 is 0 Å². The number of hydrogen-bond donors (Lipinski definition) is 1. The van der Waals surface area contributed by atoms with E-state index in [4.69, 9.17) is 5.73 Å². The summed E-state index contributed by atoms with van der Waals surface area (Å²) in [6.45, 7) is 4.19. The zero-order valence-electron chi connectivity index (χ0n) is 10.3. The molecule has 0 saturated carbocycles. The van der Waals surface area contributed by atoms with Crippen LogP contribution in [0.5, 0.6) is 0 Å². The van der Waals surface area contributed by atoms with E-state index in [9.17, 15) is 0 Å². The highest BCUT2D eigenvalue weighted by Gasteiger charge is 1.95. The summed E-state index contributed by atoms with van der Waals surface area (Å²) >= 11 is 0. The van der Waals surface area contributed by atoms with Gasteiger partial charge in [-0.05, 0) is 42.7 Å². The van der Waals surface area contributed by atoms with Crippen LogP contribution in [0.1, 0.15) is 22.3 Å². The Labute approximate surface area is 103 Å². The topological polar surface area (TPSA) is 26.0 Å². The minimum absolute atomic E-state index is 0.805. The first-order valence-electron chi connectivity index (χ1n) is 5.76. The van der Waals surface area contributed by atoms with Crippen LogP contribution < -0.4 is 5.73 Å². The molecular weight excluding hydrogens is 206 g/mol. The van der Waals surface area contributed by atoms with Gasteiger partial charge in [0.25, 0.3) is 0 Å². The van der Waals surface area contributed by atoms with E-state index in [1.807, 2.05) is 18.2 Å². The lowest BCUT2D eigenvalue weighted by Gasteiger charge is -2.02. The molecule has 2 N–H and O–H groups in total. The molecule has 2 aromatic rings. The minimum atomic E-state index is 0.805. The van der Waals surface area contributed by atoms with Crippen molar-refractivity contribution in [3.8, 4) is 0 Å². The monoisotopic (exact) mass is 223 g/mol. The summed E-state index contributed by atoms with van der Waals surface area (Å²) in [7, 11) is 0. The van der Waals surface area contributed by atoms with E-state index in [1.54, 1.807) is 0 Å². The molecule has 0 bridgehead atoms. The van der Waals surface area contributed by atoms with Crippen LogP contribution in [-0.4, -0.2) is 0 Å². The van der Waals surface area contributed by atoms with Crippen molar-refractivity contribution in [1.82, 2.24) is 0 Å². The lowest BCUT2D eigenvalue weighted by molar-refractivity contribution is 1.44. The number of rotatable bonds is 2. The molecule has 17 heavy (non-hydrogen) atoms. The first-order chi connectivity index (χ1) is 8.15. The van der Waals surface area contributed by atoms with Gasteiger partial charge in [-0.2, -0.15) is 0 Å². The molecule has 0 spiro atoms. The maximum atomic E-state index is 5.79. The Bertz CT molecular complexity index is 553. The second-order valence-electron chi connectivity index (χ2n) is 4.36. The van der Waals surface area contributed by atoms with Crippen LogP contribution in [0.4, 0.5) is 5.69 Å². The highest BCUT2D eigenvalue weighted by Crippen LogP contribution is 2.16. The molecule has 2 aromatic carbocycles. The summed E-state index contributed by atoms with van der Waals surface area (Å²) in [6, 6.07) is 14.4. The van der Waals surface area contributed by atoms with Crippen molar-refractivity contribution in [2.75, 3.05) is 5.73 Å². The SMILES string of the molecule is Cc1cccc(C=Cc2cc(N)ccc2C)c1. The van der Waals surface area contributed by atoms with Gasteiger partial charge >= 0.3 is 0 Å². The van der Waals surface area contributed by atoms with E-state index in [1.165, 1.54) is 22.3 Å². The number of nitrogens with two attached hydrogens (primary N) is 1. The fourth-order valence-electron chi connectivity index (χ4n) is 1.80. The van der Waals surface area contributed by atoms with E-state index < -0.39 is 0 Å². The average Bonchev–Trinajstić information content (AvgIpc) is 2.30. The molecule has 2 rings (SSSR count). The van der Waals surface area contributed by atoms with Crippen molar-refractivity contribution in [1.29, 1.82) is 0 Å². The second kappa shape index (κ2) is 4.88. The molecule has 0 aliphatic heterocycles. The van der Waals surface area contributed by atoms with Crippen molar-refractivity contribution in [2.45, 2.75) is 13.8 Å². The van der Waals surface area contributed by atoms with Crippen LogP contribution >= 0.6 is 0 Å². The molecule has 0 unspecified atom stereocenters. The van der Waals surface area contributed by atoms with Gasteiger partial charge in [-0.3, -0.25) is 0 Å². The Kier molecular flexibility index (Phi) is 3.29. The van der Waals surface area contributed by atoms with Gasteiger partial charge in [-0.15, -0.1) is 0 Å². The molecule has 86 valence electrons. The summed E-state index contributed by atoms with van der Waals surface area (Å²) in [5, 5.41) is 0. The molecule has 0 amide bonds. The smallest absolute Gasteiger partial charge is 0.0320 e. The van der Waals surface area contributed by atoms with Gasteiger partial charge in [0.15, 0.2) is 0 Å². The Morgan fingerprint density at radius 2 is 1.76 bits per heavy atom. The first kappa shape index (κ1) is 11.5. The van der Waals surface area contributed by atoms with Crippen LogP contribution in [0.3, 0.4) is 0 Å². The van der Waals surface area contributed by atoms with Crippen LogP contribution in [0.2, 0.25) is 0 Å². The molecule has 0 atom stereocenters. The van der Waals surface area contributed by atoms with Crippen molar-refractivity contribution in [3.05, 3.63) is 64.7 Å². The summed E-state index contributed by atoms with van der Waals surface area (Å²) in [5.41, 5.74) is 11.5. The van der Waals surface area contributed by atoms with Gasteiger partial charge in [0.1, 0.15) is 0 Å². The van der Waals surface area contributed by atoms with E-state index in [0.717, 1.165) is 5.69 Å². The lowest BCUT2D eigenvalue weighted by atomic mass is 10.1. The molecule has 1 heteroatoms. The fraction of sp³-hybridized carbons (Fsp3) is 0.125. The molecule has 0 radical (unpaired) electrons. The van der Waals surface area contributed by atoms with Crippen molar-refractivity contribution in [2.24, 2.45) is 0 Å². The average molecular weight is 223 g/mol. The molecule has 0 aromatic heterocycles. The van der Waals surface area contributed by atoms with Crippen LogP contribution in [-0.2, 0) is 0 Å². The van der Waals surface area contributed by atoms with Gasteiger partial charge in [-0.25, -0.2) is 0 Å². The Balaban J connectivity index is 2.29. The Hall–Kier alpha value is -2.02. The third kappa shape index (κ3) is 2.97. The molecule has 0 saturated heterocycles.